The summed E-state index contributed by atoms with van der Waals surface area (Å²) in [5.74, 6) is -0.403. The lowest BCUT2D eigenvalue weighted by atomic mass is 10.1. The van der Waals surface area contributed by atoms with Crippen molar-refractivity contribution in [3.63, 3.8) is 0 Å². The van der Waals surface area contributed by atoms with E-state index in [0.29, 0.717) is 15.7 Å². The van der Waals surface area contributed by atoms with Gasteiger partial charge in [0.15, 0.2) is 0 Å². The predicted molar refractivity (Wildman–Crippen MR) is 111 cm³/mol. The molecule has 0 unspecified atom stereocenters. The summed E-state index contributed by atoms with van der Waals surface area (Å²) < 4.78 is 0. The van der Waals surface area contributed by atoms with Gasteiger partial charge in [0.1, 0.15) is 0 Å². The van der Waals surface area contributed by atoms with Crippen molar-refractivity contribution in [2.45, 2.75) is 19.0 Å². The van der Waals surface area contributed by atoms with Crippen LogP contribution in [0.5, 0.6) is 0 Å². The maximum absolute atomic E-state index is 13.0. The van der Waals surface area contributed by atoms with Crippen LogP contribution >= 0.6 is 23.2 Å². The molecular formula is C21H21Cl2N3O2. The van der Waals surface area contributed by atoms with Gasteiger partial charge in [0.05, 0.1) is 18.2 Å². The molecule has 4 rings (SSSR count). The number of benzene rings is 2. The van der Waals surface area contributed by atoms with Crippen molar-refractivity contribution in [2.75, 3.05) is 31.1 Å². The van der Waals surface area contributed by atoms with Gasteiger partial charge >= 0.3 is 0 Å². The highest BCUT2D eigenvalue weighted by molar-refractivity contribution is 6.35. The second-order valence-corrected chi connectivity index (χ2v) is 8.09. The number of hydrogen-bond acceptors (Lipinski definition) is 4. The lowest BCUT2D eigenvalue weighted by Crippen LogP contribution is -2.52. The molecule has 5 nitrogen and oxygen atoms in total. The first kappa shape index (κ1) is 19.4. The molecule has 1 atom stereocenters. The van der Waals surface area contributed by atoms with Crippen LogP contribution in [0, 0.1) is 0 Å². The van der Waals surface area contributed by atoms with E-state index in [4.69, 9.17) is 23.2 Å². The van der Waals surface area contributed by atoms with Gasteiger partial charge in [-0.1, -0.05) is 53.5 Å². The Labute approximate surface area is 174 Å². The predicted octanol–water partition coefficient (Wildman–Crippen LogP) is 3.44. The van der Waals surface area contributed by atoms with Crippen molar-refractivity contribution in [2.24, 2.45) is 0 Å². The molecule has 2 aromatic carbocycles. The van der Waals surface area contributed by atoms with Gasteiger partial charge in [0, 0.05) is 42.8 Å². The first-order chi connectivity index (χ1) is 13.5. The smallest absolute Gasteiger partial charge is 0.251 e. The highest BCUT2D eigenvalue weighted by atomic mass is 35.5. The van der Waals surface area contributed by atoms with Crippen molar-refractivity contribution in [3.05, 3.63) is 64.1 Å². The molecule has 0 radical (unpaired) electrons. The Kier molecular flexibility index (Phi) is 5.69. The molecule has 2 saturated heterocycles. The maximum Gasteiger partial charge on any atom is 0.251 e. The molecule has 146 valence electrons. The average molecular weight is 418 g/mol. The summed E-state index contributed by atoms with van der Waals surface area (Å²) in [6.07, 6.45) is 0.196. The SMILES string of the molecule is O=C1C[C@H](N2CCN(Cc3ccccc3)CC2)C(=O)N1c1cc(Cl)cc(Cl)c1. The van der Waals surface area contributed by atoms with Crippen molar-refractivity contribution >= 4 is 40.7 Å². The van der Waals surface area contributed by atoms with E-state index in [1.807, 2.05) is 18.2 Å². The summed E-state index contributed by atoms with van der Waals surface area (Å²) in [7, 11) is 0. The van der Waals surface area contributed by atoms with Gasteiger partial charge < -0.3 is 0 Å². The second kappa shape index (κ2) is 8.21. The fourth-order valence-electron chi connectivity index (χ4n) is 3.92. The summed E-state index contributed by atoms with van der Waals surface area (Å²) in [5.41, 5.74) is 1.73. The monoisotopic (exact) mass is 417 g/mol. The molecule has 0 saturated carbocycles. The molecule has 2 fully saturated rings. The molecule has 2 heterocycles. The number of rotatable bonds is 4. The Balaban J connectivity index is 1.40. The number of carbonyl (C=O) groups excluding carboxylic acids is 2. The number of amides is 2. The minimum Gasteiger partial charge on any atom is -0.297 e. The zero-order valence-electron chi connectivity index (χ0n) is 15.4. The van der Waals surface area contributed by atoms with Crippen LogP contribution in [0.3, 0.4) is 0 Å². The van der Waals surface area contributed by atoms with Crippen molar-refractivity contribution < 1.29 is 9.59 Å². The Morgan fingerprint density at radius 3 is 2.18 bits per heavy atom. The molecule has 2 aliphatic rings. The van der Waals surface area contributed by atoms with E-state index in [1.54, 1.807) is 18.2 Å². The number of piperazine rings is 1. The number of nitrogens with zero attached hydrogens (tertiary/aromatic N) is 3. The Bertz CT molecular complexity index is 862. The number of imide groups is 1. The molecule has 2 aromatic rings. The Morgan fingerprint density at radius 2 is 1.54 bits per heavy atom. The fourth-order valence-corrected chi connectivity index (χ4v) is 4.43. The summed E-state index contributed by atoms with van der Waals surface area (Å²) >= 11 is 12.1. The third-order valence-corrected chi connectivity index (χ3v) is 5.76. The largest absolute Gasteiger partial charge is 0.297 e. The van der Waals surface area contributed by atoms with E-state index < -0.39 is 6.04 Å². The van der Waals surface area contributed by atoms with Crippen LogP contribution in [-0.2, 0) is 16.1 Å². The van der Waals surface area contributed by atoms with Crippen LogP contribution in [0.1, 0.15) is 12.0 Å². The molecule has 2 amide bonds. The summed E-state index contributed by atoms with van der Waals surface area (Å²) in [4.78, 5) is 31.2. The first-order valence-corrected chi connectivity index (χ1v) is 10.1. The van der Waals surface area contributed by atoms with Crippen molar-refractivity contribution in [1.29, 1.82) is 0 Å². The number of halogens is 2. The molecule has 0 aromatic heterocycles. The van der Waals surface area contributed by atoms with Gasteiger partial charge in [-0.05, 0) is 23.8 Å². The van der Waals surface area contributed by atoms with Crippen LogP contribution in [0.25, 0.3) is 0 Å². The van der Waals surface area contributed by atoms with Crippen LogP contribution < -0.4 is 4.90 Å². The Morgan fingerprint density at radius 1 is 0.893 bits per heavy atom. The first-order valence-electron chi connectivity index (χ1n) is 9.34. The number of carbonyl (C=O) groups is 2. The molecular weight excluding hydrogens is 397 g/mol. The lowest BCUT2D eigenvalue weighted by Gasteiger charge is -2.37. The van der Waals surface area contributed by atoms with E-state index >= 15 is 0 Å². The zero-order valence-corrected chi connectivity index (χ0v) is 16.9. The van der Waals surface area contributed by atoms with E-state index in [0.717, 1.165) is 32.7 Å². The maximum atomic E-state index is 13.0. The van der Waals surface area contributed by atoms with Crippen LogP contribution in [0.2, 0.25) is 10.0 Å². The van der Waals surface area contributed by atoms with Crippen molar-refractivity contribution in [1.82, 2.24) is 9.80 Å². The molecule has 0 bridgehead atoms. The van der Waals surface area contributed by atoms with E-state index in [-0.39, 0.29) is 18.2 Å². The molecule has 28 heavy (non-hydrogen) atoms. The van der Waals surface area contributed by atoms with Crippen LogP contribution in [0.15, 0.2) is 48.5 Å². The third kappa shape index (κ3) is 4.08. The number of hydrogen-bond donors (Lipinski definition) is 0. The highest BCUT2D eigenvalue weighted by Crippen LogP contribution is 2.31. The van der Waals surface area contributed by atoms with E-state index in [2.05, 4.69) is 21.9 Å². The average Bonchev–Trinajstić information content (AvgIpc) is 2.97. The summed E-state index contributed by atoms with van der Waals surface area (Å²) in [5, 5.41) is 0.808. The van der Waals surface area contributed by atoms with Gasteiger partial charge in [0.25, 0.3) is 5.91 Å². The van der Waals surface area contributed by atoms with Crippen LogP contribution in [-0.4, -0.2) is 53.8 Å². The van der Waals surface area contributed by atoms with Crippen LogP contribution in [0.4, 0.5) is 5.69 Å². The lowest BCUT2D eigenvalue weighted by molar-refractivity contribution is -0.123. The van der Waals surface area contributed by atoms with E-state index in [1.165, 1.54) is 10.5 Å². The van der Waals surface area contributed by atoms with Crippen molar-refractivity contribution in [3.8, 4) is 0 Å². The van der Waals surface area contributed by atoms with Gasteiger partial charge in [-0.3, -0.25) is 19.4 Å². The van der Waals surface area contributed by atoms with Gasteiger partial charge in [-0.25, -0.2) is 4.90 Å². The molecule has 0 N–H and O–H groups in total. The molecule has 0 aliphatic carbocycles. The molecule has 0 spiro atoms. The quantitative estimate of drug-likeness (QED) is 0.714. The molecule has 7 heteroatoms. The second-order valence-electron chi connectivity index (χ2n) is 7.21. The number of anilines is 1. The zero-order chi connectivity index (χ0) is 19.7. The van der Waals surface area contributed by atoms with E-state index in [9.17, 15) is 9.59 Å². The topological polar surface area (TPSA) is 43.9 Å². The third-order valence-electron chi connectivity index (χ3n) is 5.32. The Hall–Kier alpha value is -1.92. The minimum absolute atomic E-state index is 0.195. The van der Waals surface area contributed by atoms with Gasteiger partial charge in [-0.2, -0.15) is 0 Å². The fraction of sp³-hybridized carbons (Fsp3) is 0.333. The summed E-state index contributed by atoms with van der Waals surface area (Å²) in [6.45, 7) is 4.17. The molecule has 2 aliphatic heterocycles. The minimum atomic E-state index is -0.413. The highest BCUT2D eigenvalue weighted by Gasteiger charge is 2.43. The van der Waals surface area contributed by atoms with Gasteiger partial charge in [0.2, 0.25) is 5.91 Å². The van der Waals surface area contributed by atoms with Gasteiger partial charge in [-0.15, -0.1) is 0 Å². The normalized spacial score (nSPS) is 21.5. The summed E-state index contributed by atoms with van der Waals surface area (Å²) in [6, 6.07) is 14.7. The standard InChI is InChI=1S/C21H21Cl2N3O2/c22-16-10-17(23)12-18(11-16)26-20(27)13-19(21(26)28)25-8-6-24(7-9-25)14-15-4-2-1-3-5-15/h1-5,10-12,19H,6-9,13-14H2/t19-/m0/s1.